The number of aromatic nitrogens is 2. The molecule has 0 aliphatic heterocycles. The molecule has 0 saturated heterocycles. The summed E-state index contributed by atoms with van der Waals surface area (Å²) < 4.78 is 0. The zero-order chi connectivity index (χ0) is 13.2. The third-order valence-corrected chi connectivity index (χ3v) is 3.89. The van der Waals surface area contributed by atoms with Crippen LogP contribution in [-0.4, -0.2) is 33.6 Å². The maximum atomic E-state index is 12.5. The van der Waals surface area contributed by atoms with Crippen molar-refractivity contribution in [2.45, 2.75) is 44.7 Å². The van der Waals surface area contributed by atoms with Crippen LogP contribution in [0.4, 0.5) is 0 Å². The number of aromatic amines is 1. The third kappa shape index (κ3) is 2.72. The van der Waals surface area contributed by atoms with Gasteiger partial charge in [0.15, 0.2) is 0 Å². The number of nitrogens with zero attached hydrogens (tertiary/aromatic N) is 2. The van der Waals surface area contributed by atoms with Crippen LogP contribution in [0.15, 0.2) is 12.3 Å². The molecule has 1 amide bonds. The van der Waals surface area contributed by atoms with Gasteiger partial charge < -0.3 is 10.6 Å². The summed E-state index contributed by atoms with van der Waals surface area (Å²) in [6, 6.07) is 1.88. The fraction of sp³-hybridized carbons (Fsp3) is 0.692. The molecule has 1 saturated carbocycles. The molecular formula is C13H22N4O. The molecule has 2 unspecified atom stereocenters. The van der Waals surface area contributed by atoms with Crippen molar-refractivity contribution in [2.24, 2.45) is 11.7 Å². The van der Waals surface area contributed by atoms with E-state index in [1.807, 2.05) is 20.0 Å². The van der Waals surface area contributed by atoms with E-state index in [2.05, 4.69) is 10.2 Å². The van der Waals surface area contributed by atoms with Crippen LogP contribution < -0.4 is 5.73 Å². The molecule has 1 aliphatic rings. The average Bonchev–Trinajstić information content (AvgIpc) is 2.80. The van der Waals surface area contributed by atoms with Crippen LogP contribution in [0.25, 0.3) is 0 Å². The minimum absolute atomic E-state index is 0.0563. The van der Waals surface area contributed by atoms with Crippen molar-refractivity contribution in [1.29, 1.82) is 0 Å². The van der Waals surface area contributed by atoms with Crippen LogP contribution in [0.1, 0.15) is 38.3 Å². The Labute approximate surface area is 108 Å². The van der Waals surface area contributed by atoms with Crippen molar-refractivity contribution < 1.29 is 4.79 Å². The van der Waals surface area contributed by atoms with Gasteiger partial charge >= 0.3 is 0 Å². The number of nitrogens with two attached hydrogens (primary N) is 1. The van der Waals surface area contributed by atoms with Gasteiger partial charge in [0.1, 0.15) is 0 Å². The van der Waals surface area contributed by atoms with Gasteiger partial charge in [-0.2, -0.15) is 5.10 Å². The molecular weight excluding hydrogens is 228 g/mol. The predicted octanol–water partition coefficient (Wildman–Crippen LogP) is 1.28. The van der Waals surface area contributed by atoms with Crippen molar-refractivity contribution in [3.8, 4) is 0 Å². The highest BCUT2D eigenvalue weighted by molar-refractivity contribution is 5.80. The summed E-state index contributed by atoms with van der Waals surface area (Å²) in [6.45, 7) is 2.56. The molecule has 100 valence electrons. The van der Waals surface area contributed by atoms with E-state index in [0.717, 1.165) is 31.4 Å². The van der Waals surface area contributed by atoms with E-state index in [4.69, 9.17) is 5.73 Å². The quantitative estimate of drug-likeness (QED) is 0.848. The van der Waals surface area contributed by atoms with Gasteiger partial charge in [-0.3, -0.25) is 9.89 Å². The Hall–Kier alpha value is -1.36. The topological polar surface area (TPSA) is 75.0 Å². The molecule has 1 heterocycles. The van der Waals surface area contributed by atoms with Crippen molar-refractivity contribution in [1.82, 2.24) is 15.1 Å². The van der Waals surface area contributed by atoms with Crippen LogP contribution in [-0.2, 0) is 11.3 Å². The smallest absolute Gasteiger partial charge is 0.227 e. The number of carbonyl (C=O) groups is 1. The lowest BCUT2D eigenvalue weighted by atomic mass is 9.74. The Kier molecular flexibility index (Phi) is 3.71. The molecule has 0 spiro atoms. The molecule has 1 aromatic rings. The molecule has 3 N–H and O–H groups in total. The lowest BCUT2D eigenvalue weighted by molar-refractivity contribution is -0.138. The summed E-state index contributed by atoms with van der Waals surface area (Å²) in [5.74, 6) is 0.0912. The fourth-order valence-corrected chi connectivity index (χ4v) is 2.74. The molecule has 2 atom stereocenters. The number of amides is 1. The summed E-state index contributed by atoms with van der Waals surface area (Å²) >= 11 is 0. The van der Waals surface area contributed by atoms with Gasteiger partial charge in [-0.05, 0) is 25.8 Å². The second-order valence-electron chi connectivity index (χ2n) is 5.58. The number of hydrogen-bond donors (Lipinski definition) is 2. The van der Waals surface area contributed by atoms with Gasteiger partial charge in [-0.25, -0.2) is 0 Å². The number of H-pyrrole nitrogens is 1. The summed E-state index contributed by atoms with van der Waals surface area (Å²) in [6.07, 6.45) is 5.75. The Morgan fingerprint density at radius 2 is 2.44 bits per heavy atom. The highest BCUT2D eigenvalue weighted by atomic mass is 16.2. The fourth-order valence-electron chi connectivity index (χ4n) is 2.74. The van der Waals surface area contributed by atoms with E-state index >= 15 is 0 Å². The molecule has 5 heteroatoms. The molecule has 1 aromatic heterocycles. The predicted molar refractivity (Wildman–Crippen MR) is 69.6 cm³/mol. The number of rotatable bonds is 3. The maximum Gasteiger partial charge on any atom is 0.227 e. The second-order valence-corrected chi connectivity index (χ2v) is 5.58. The minimum atomic E-state index is -0.364. The largest absolute Gasteiger partial charge is 0.340 e. The molecule has 2 rings (SSSR count). The van der Waals surface area contributed by atoms with Gasteiger partial charge in [-0.15, -0.1) is 0 Å². The van der Waals surface area contributed by atoms with E-state index in [1.165, 1.54) is 0 Å². The first-order chi connectivity index (χ1) is 8.50. The Morgan fingerprint density at radius 1 is 1.67 bits per heavy atom. The number of carbonyl (C=O) groups excluding carboxylic acids is 1. The molecule has 5 nitrogen and oxygen atoms in total. The van der Waals surface area contributed by atoms with Crippen LogP contribution in [0.3, 0.4) is 0 Å². The monoisotopic (exact) mass is 250 g/mol. The molecule has 0 radical (unpaired) electrons. The Bertz CT molecular complexity index is 399. The SMILES string of the molecule is CN(Cc1ccn[nH]1)C(=O)C1CCCCC1(C)N. The van der Waals surface area contributed by atoms with Crippen molar-refractivity contribution in [3.05, 3.63) is 18.0 Å². The van der Waals surface area contributed by atoms with Crippen LogP contribution >= 0.6 is 0 Å². The highest BCUT2D eigenvalue weighted by Crippen LogP contribution is 2.32. The van der Waals surface area contributed by atoms with Gasteiger partial charge in [0.2, 0.25) is 5.91 Å². The maximum absolute atomic E-state index is 12.5. The molecule has 1 fully saturated rings. The third-order valence-electron chi connectivity index (χ3n) is 3.89. The van der Waals surface area contributed by atoms with Crippen molar-refractivity contribution in [2.75, 3.05) is 7.05 Å². The van der Waals surface area contributed by atoms with Gasteiger partial charge in [0, 0.05) is 18.8 Å². The minimum Gasteiger partial charge on any atom is -0.340 e. The Balaban J connectivity index is 2.01. The highest BCUT2D eigenvalue weighted by Gasteiger charge is 2.39. The van der Waals surface area contributed by atoms with Crippen molar-refractivity contribution >= 4 is 5.91 Å². The first kappa shape index (κ1) is 13.1. The zero-order valence-electron chi connectivity index (χ0n) is 11.1. The van der Waals surface area contributed by atoms with E-state index in [0.29, 0.717) is 6.54 Å². The summed E-state index contributed by atoms with van der Waals surface area (Å²) in [5, 5.41) is 6.76. The van der Waals surface area contributed by atoms with Crippen LogP contribution in [0.5, 0.6) is 0 Å². The van der Waals surface area contributed by atoms with Gasteiger partial charge in [0.25, 0.3) is 0 Å². The van der Waals surface area contributed by atoms with E-state index in [9.17, 15) is 4.79 Å². The molecule has 18 heavy (non-hydrogen) atoms. The first-order valence-corrected chi connectivity index (χ1v) is 6.53. The van der Waals surface area contributed by atoms with Gasteiger partial charge in [-0.1, -0.05) is 12.8 Å². The lowest BCUT2D eigenvalue weighted by Crippen LogP contribution is -2.53. The standard InChI is InChI=1S/C13H22N4O/c1-13(14)7-4-3-5-11(13)12(18)17(2)9-10-6-8-15-16-10/h6,8,11H,3-5,7,9,14H2,1-2H3,(H,15,16). The second kappa shape index (κ2) is 5.10. The molecule has 0 aromatic carbocycles. The lowest BCUT2D eigenvalue weighted by Gasteiger charge is -2.39. The van der Waals surface area contributed by atoms with E-state index in [1.54, 1.807) is 11.1 Å². The van der Waals surface area contributed by atoms with Crippen LogP contribution in [0, 0.1) is 5.92 Å². The number of hydrogen-bond acceptors (Lipinski definition) is 3. The summed E-state index contributed by atoms with van der Waals surface area (Å²) in [7, 11) is 1.83. The van der Waals surface area contributed by atoms with E-state index < -0.39 is 0 Å². The van der Waals surface area contributed by atoms with Gasteiger partial charge in [0.05, 0.1) is 18.2 Å². The molecule has 1 aliphatic carbocycles. The average molecular weight is 250 g/mol. The number of nitrogens with one attached hydrogen (secondary N) is 1. The summed E-state index contributed by atoms with van der Waals surface area (Å²) in [4.78, 5) is 14.2. The zero-order valence-corrected chi connectivity index (χ0v) is 11.1. The molecule has 0 bridgehead atoms. The van der Waals surface area contributed by atoms with Crippen molar-refractivity contribution in [3.63, 3.8) is 0 Å². The Morgan fingerprint density at radius 3 is 3.06 bits per heavy atom. The van der Waals surface area contributed by atoms with E-state index in [-0.39, 0.29) is 17.4 Å². The first-order valence-electron chi connectivity index (χ1n) is 6.53. The van der Waals surface area contributed by atoms with Crippen LogP contribution in [0.2, 0.25) is 0 Å². The normalized spacial score (nSPS) is 28.1. The summed E-state index contributed by atoms with van der Waals surface area (Å²) in [5.41, 5.74) is 6.85.